The lowest BCUT2D eigenvalue weighted by Crippen LogP contribution is -2.50. The number of aromatic nitrogens is 2. The van der Waals surface area contributed by atoms with Gasteiger partial charge >= 0.3 is 6.03 Å². The highest BCUT2D eigenvalue weighted by molar-refractivity contribution is 5.74. The quantitative estimate of drug-likeness (QED) is 0.869. The Labute approximate surface area is 131 Å². The van der Waals surface area contributed by atoms with Gasteiger partial charge in [-0.25, -0.2) is 4.79 Å². The van der Waals surface area contributed by atoms with Crippen molar-refractivity contribution in [1.29, 1.82) is 0 Å². The Balaban J connectivity index is 1.95. The van der Waals surface area contributed by atoms with Crippen molar-refractivity contribution in [2.45, 2.75) is 58.6 Å². The normalized spacial score (nSPS) is 24.2. The second kappa shape index (κ2) is 6.24. The second-order valence-electron chi connectivity index (χ2n) is 7.16. The van der Waals surface area contributed by atoms with E-state index in [1.165, 1.54) is 0 Å². The number of aliphatic hydroxyl groups excluding tert-OH is 1. The molecular weight excluding hydrogens is 284 g/mol. The molecule has 3 unspecified atom stereocenters. The molecule has 3 atom stereocenters. The smallest absolute Gasteiger partial charge is 0.318 e. The van der Waals surface area contributed by atoms with E-state index in [1.807, 2.05) is 27.7 Å². The molecule has 0 radical (unpaired) electrons. The van der Waals surface area contributed by atoms with Gasteiger partial charge in [0.15, 0.2) is 5.82 Å². The van der Waals surface area contributed by atoms with E-state index in [0.29, 0.717) is 24.8 Å². The first-order valence-electron chi connectivity index (χ1n) is 7.76. The molecule has 7 nitrogen and oxygen atoms in total. The average Bonchev–Trinajstić information content (AvgIpc) is 2.91. The first-order chi connectivity index (χ1) is 10.2. The molecule has 124 valence electrons. The van der Waals surface area contributed by atoms with E-state index in [1.54, 1.807) is 11.8 Å². The van der Waals surface area contributed by atoms with E-state index >= 15 is 0 Å². The van der Waals surface area contributed by atoms with Crippen LogP contribution in [0.25, 0.3) is 0 Å². The van der Waals surface area contributed by atoms with Crippen LogP contribution in [0.15, 0.2) is 4.52 Å². The van der Waals surface area contributed by atoms with Crippen LogP contribution < -0.4 is 5.32 Å². The maximum absolute atomic E-state index is 12.3. The maximum Gasteiger partial charge on any atom is 0.318 e. The fraction of sp³-hybridized carbons (Fsp3) is 0.800. The largest absolute Gasteiger partial charge is 0.391 e. The van der Waals surface area contributed by atoms with Crippen LogP contribution in [-0.2, 0) is 5.41 Å². The van der Waals surface area contributed by atoms with Crippen LogP contribution in [-0.4, -0.2) is 45.4 Å². The van der Waals surface area contributed by atoms with Crippen LogP contribution in [0.3, 0.4) is 0 Å². The predicted octanol–water partition coefficient (Wildman–Crippen LogP) is 1.84. The number of likely N-dealkylation sites (tertiary alicyclic amines) is 1. The van der Waals surface area contributed by atoms with Gasteiger partial charge in [0, 0.05) is 18.5 Å². The summed E-state index contributed by atoms with van der Waals surface area (Å²) in [5.74, 6) is 1.24. The van der Waals surface area contributed by atoms with Gasteiger partial charge < -0.3 is 19.8 Å². The molecule has 22 heavy (non-hydrogen) atoms. The van der Waals surface area contributed by atoms with Crippen LogP contribution in [0.1, 0.15) is 58.8 Å². The number of hydrogen-bond donors (Lipinski definition) is 2. The molecule has 0 aromatic carbocycles. The lowest BCUT2D eigenvalue weighted by molar-refractivity contribution is 0.0429. The number of carbonyl (C=O) groups excluding carboxylic acids is 1. The van der Waals surface area contributed by atoms with Gasteiger partial charge in [0.05, 0.1) is 6.10 Å². The summed E-state index contributed by atoms with van der Waals surface area (Å²) in [5, 5.41) is 16.7. The van der Waals surface area contributed by atoms with Gasteiger partial charge in [-0.3, -0.25) is 0 Å². The first-order valence-corrected chi connectivity index (χ1v) is 7.76. The summed E-state index contributed by atoms with van der Waals surface area (Å²) in [6.45, 7) is 10.8. The van der Waals surface area contributed by atoms with Crippen LogP contribution in [0, 0.1) is 5.92 Å². The van der Waals surface area contributed by atoms with Crippen molar-refractivity contribution in [2.24, 2.45) is 5.92 Å². The Kier molecular flexibility index (Phi) is 4.75. The number of β-amino-alcohol motifs (C(OH)–C–C–N with tert-alkyl or cyclic N) is 1. The molecule has 2 rings (SSSR count). The molecule has 2 N–H and O–H groups in total. The Morgan fingerprint density at radius 3 is 2.73 bits per heavy atom. The molecule has 1 fully saturated rings. The van der Waals surface area contributed by atoms with Crippen molar-refractivity contribution in [3.63, 3.8) is 0 Å². The number of nitrogens with zero attached hydrogens (tertiary/aromatic N) is 3. The topological polar surface area (TPSA) is 91.5 Å². The number of aliphatic hydroxyl groups is 1. The molecule has 0 bridgehead atoms. The molecule has 1 aromatic rings. The summed E-state index contributed by atoms with van der Waals surface area (Å²) in [5.41, 5.74) is -0.196. The van der Waals surface area contributed by atoms with E-state index in [2.05, 4.69) is 15.5 Å². The number of hydrogen-bond acceptors (Lipinski definition) is 5. The van der Waals surface area contributed by atoms with Crippen molar-refractivity contribution in [3.05, 3.63) is 11.7 Å². The molecule has 1 aliphatic rings. The van der Waals surface area contributed by atoms with E-state index in [0.717, 1.165) is 6.42 Å². The number of nitrogens with one attached hydrogen (secondary N) is 1. The zero-order chi connectivity index (χ0) is 16.5. The minimum absolute atomic E-state index is 0.196. The molecule has 0 saturated carbocycles. The van der Waals surface area contributed by atoms with E-state index in [4.69, 9.17) is 4.52 Å². The van der Waals surface area contributed by atoms with Crippen LogP contribution >= 0.6 is 0 Å². The van der Waals surface area contributed by atoms with Crippen molar-refractivity contribution in [2.75, 3.05) is 13.1 Å². The number of rotatable bonds is 2. The summed E-state index contributed by atoms with van der Waals surface area (Å²) in [6, 6.07) is -0.582. The monoisotopic (exact) mass is 310 g/mol. The van der Waals surface area contributed by atoms with E-state index in [9.17, 15) is 9.90 Å². The Morgan fingerprint density at radius 2 is 2.18 bits per heavy atom. The van der Waals surface area contributed by atoms with Gasteiger partial charge in [0.1, 0.15) is 6.04 Å². The Bertz CT molecular complexity index is 523. The third kappa shape index (κ3) is 3.76. The minimum Gasteiger partial charge on any atom is -0.391 e. The standard InChI is InChI=1S/C15H26N4O3/c1-9-6-7-19(8-11(9)20)14(21)16-10(2)12-17-13(18-22-12)15(3,4)5/h9-11,20H,6-8H2,1-5H3,(H,16,21). The molecule has 0 aliphatic carbocycles. The molecule has 7 heteroatoms. The number of amides is 2. The van der Waals surface area contributed by atoms with Gasteiger partial charge in [0.25, 0.3) is 0 Å². The summed E-state index contributed by atoms with van der Waals surface area (Å²) in [6.07, 6.45) is 0.336. The molecule has 2 amide bonds. The van der Waals surface area contributed by atoms with E-state index < -0.39 is 6.10 Å². The summed E-state index contributed by atoms with van der Waals surface area (Å²) < 4.78 is 5.24. The van der Waals surface area contributed by atoms with Crippen LogP contribution in [0.2, 0.25) is 0 Å². The fourth-order valence-electron chi connectivity index (χ4n) is 2.29. The molecule has 1 saturated heterocycles. The third-order valence-electron chi connectivity index (χ3n) is 4.03. The SMILES string of the molecule is CC(NC(=O)N1CCC(C)C(O)C1)c1nc(C(C)(C)C)no1. The number of urea groups is 1. The molecule has 1 aliphatic heterocycles. The highest BCUT2D eigenvalue weighted by Gasteiger charge is 2.29. The zero-order valence-electron chi connectivity index (χ0n) is 14.0. The first kappa shape index (κ1) is 16.7. The zero-order valence-corrected chi connectivity index (χ0v) is 14.0. The highest BCUT2D eigenvalue weighted by atomic mass is 16.5. The van der Waals surface area contributed by atoms with Gasteiger partial charge in [-0.2, -0.15) is 4.98 Å². The van der Waals surface area contributed by atoms with Crippen molar-refractivity contribution in [3.8, 4) is 0 Å². The molecule has 2 heterocycles. The lowest BCUT2D eigenvalue weighted by Gasteiger charge is -2.34. The van der Waals surface area contributed by atoms with Crippen LogP contribution in [0.4, 0.5) is 4.79 Å². The van der Waals surface area contributed by atoms with Gasteiger partial charge in [-0.15, -0.1) is 0 Å². The van der Waals surface area contributed by atoms with Gasteiger partial charge in [0.2, 0.25) is 5.89 Å². The third-order valence-corrected chi connectivity index (χ3v) is 4.03. The van der Waals surface area contributed by atoms with Crippen molar-refractivity contribution in [1.82, 2.24) is 20.4 Å². The van der Waals surface area contributed by atoms with Gasteiger partial charge in [-0.05, 0) is 19.3 Å². The summed E-state index contributed by atoms with van der Waals surface area (Å²) >= 11 is 0. The molecular formula is C15H26N4O3. The van der Waals surface area contributed by atoms with Crippen LogP contribution in [0.5, 0.6) is 0 Å². The van der Waals surface area contributed by atoms with Crippen molar-refractivity contribution < 1.29 is 14.4 Å². The van der Waals surface area contributed by atoms with Crippen molar-refractivity contribution >= 4 is 6.03 Å². The number of piperidine rings is 1. The minimum atomic E-state index is -0.467. The molecule has 0 spiro atoms. The molecule has 1 aromatic heterocycles. The average molecular weight is 310 g/mol. The van der Waals surface area contributed by atoms with E-state index in [-0.39, 0.29) is 23.4 Å². The Morgan fingerprint density at radius 1 is 1.50 bits per heavy atom. The maximum atomic E-state index is 12.3. The summed E-state index contributed by atoms with van der Waals surface area (Å²) in [4.78, 5) is 18.2. The highest BCUT2D eigenvalue weighted by Crippen LogP contribution is 2.21. The van der Waals surface area contributed by atoms with Gasteiger partial charge in [-0.1, -0.05) is 32.9 Å². The predicted molar refractivity (Wildman–Crippen MR) is 81.3 cm³/mol. The second-order valence-corrected chi connectivity index (χ2v) is 7.16. The fourth-order valence-corrected chi connectivity index (χ4v) is 2.29. The Hall–Kier alpha value is -1.63. The number of carbonyl (C=O) groups is 1. The lowest BCUT2D eigenvalue weighted by atomic mass is 9.96. The summed E-state index contributed by atoms with van der Waals surface area (Å²) in [7, 11) is 0.